The van der Waals surface area contributed by atoms with Crippen LogP contribution in [0.5, 0.6) is 0 Å². The Bertz CT molecular complexity index is 970. The summed E-state index contributed by atoms with van der Waals surface area (Å²) in [6.45, 7) is 1.03. The second-order valence-electron chi connectivity index (χ2n) is 7.05. The lowest BCUT2D eigenvalue weighted by Gasteiger charge is -2.27. The molecular weight excluding hydrogens is 390 g/mol. The van der Waals surface area contributed by atoms with E-state index in [4.69, 9.17) is 0 Å². The number of sulfonamides is 1. The van der Waals surface area contributed by atoms with Gasteiger partial charge >= 0.3 is 0 Å². The summed E-state index contributed by atoms with van der Waals surface area (Å²) in [5, 5.41) is 2.71. The fourth-order valence-corrected chi connectivity index (χ4v) is 4.22. The molecule has 1 saturated heterocycles. The molecule has 0 saturated carbocycles. The lowest BCUT2D eigenvalue weighted by atomic mass is 10.1. The molecule has 0 spiro atoms. The first-order valence-electron chi connectivity index (χ1n) is 9.57. The second kappa shape index (κ2) is 9.09. The molecule has 0 unspecified atom stereocenters. The van der Waals surface area contributed by atoms with E-state index in [1.54, 1.807) is 59.5 Å². The minimum Gasteiger partial charge on any atom is -0.339 e. The summed E-state index contributed by atoms with van der Waals surface area (Å²) < 4.78 is 25.4. The number of nitrogens with one attached hydrogen (secondary N) is 1. The van der Waals surface area contributed by atoms with Gasteiger partial charge in [-0.05, 0) is 43.5 Å². The molecule has 8 heteroatoms. The lowest BCUT2D eigenvalue weighted by Crippen LogP contribution is -2.38. The molecule has 0 atom stereocenters. The predicted octanol–water partition coefficient (Wildman–Crippen LogP) is 2.72. The van der Waals surface area contributed by atoms with Crippen LogP contribution in [-0.4, -0.2) is 51.0 Å². The molecule has 0 aromatic heterocycles. The predicted molar refractivity (Wildman–Crippen MR) is 113 cm³/mol. The van der Waals surface area contributed by atoms with Crippen LogP contribution in [0.2, 0.25) is 0 Å². The van der Waals surface area contributed by atoms with E-state index in [-0.39, 0.29) is 12.5 Å². The largest absolute Gasteiger partial charge is 0.339 e. The highest BCUT2D eigenvalue weighted by atomic mass is 32.2. The van der Waals surface area contributed by atoms with Crippen molar-refractivity contribution in [3.63, 3.8) is 0 Å². The number of amides is 2. The first-order chi connectivity index (χ1) is 13.9. The quantitative estimate of drug-likeness (QED) is 0.786. The van der Waals surface area contributed by atoms with E-state index in [1.807, 2.05) is 0 Å². The third kappa shape index (κ3) is 5.35. The molecule has 2 aromatic rings. The Hall–Kier alpha value is -2.87. The van der Waals surface area contributed by atoms with Gasteiger partial charge in [0.25, 0.3) is 5.91 Å². The van der Waals surface area contributed by atoms with Crippen LogP contribution < -0.4 is 9.62 Å². The maximum absolute atomic E-state index is 12.9. The van der Waals surface area contributed by atoms with Crippen molar-refractivity contribution in [1.82, 2.24) is 4.90 Å². The molecule has 154 valence electrons. The van der Waals surface area contributed by atoms with Gasteiger partial charge in [0, 0.05) is 13.1 Å². The Morgan fingerprint density at radius 2 is 1.59 bits per heavy atom. The van der Waals surface area contributed by atoms with E-state index in [0.717, 1.165) is 29.8 Å². The zero-order chi connectivity index (χ0) is 20.9. The number of para-hydroxylation sites is 2. The van der Waals surface area contributed by atoms with Crippen molar-refractivity contribution in [2.75, 3.05) is 35.5 Å². The summed E-state index contributed by atoms with van der Waals surface area (Å²) in [7, 11) is -3.65. The first kappa shape index (κ1) is 20.9. The maximum atomic E-state index is 12.9. The van der Waals surface area contributed by atoms with Gasteiger partial charge in [0.05, 0.1) is 23.2 Å². The fourth-order valence-electron chi connectivity index (χ4n) is 3.36. The molecule has 2 aromatic carbocycles. The average Bonchev–Trinajstić information content (AvgIpc) is 2.72. The Morgan fingerprint density at radius 1 is 0.966 bits per heavy atom. The van der Waals surface area contributed by atoms with Gasteiger partial charge in [-0.25, -0.2) is 8.42 Å². The van der Waals surface area contributed by atoms with Crippen LogP contribution in [0, 0.1) is 0 Å². The lowest BCUT2D eigenvalue weighted by molar-refractivity contribution is -0.114. The molecule has 2 amide bonds. The number of hydrogen-bond donors (Lipinski definition) is 1. The SMILES string of the molecule is CS(=O)(=O)N(CC(=O)Nc1ccccc1C(=O)N1CCCCC1)c1ccccc1. The molecule has 0 aliphatic carbocycles. The Morgan fingerprint density at radius 3 is 2.24 bits per heavy atom. The van der Waals surface area contributed by atoms with E-state index in [1.165, 1.54) is 0 Å². The summed E-state index contributed by atoms with van der Waals surface area (Å²) in [5.41, 5.74) is 1.20. The number of rotatable bonds is 6. The van der Waals surface area contributed by atoms with Gasteiger partial charge in [-0.2, -0.15) is 0 Å². The van der Waals surface area contributed by atoms with Gasteiger partial charge in [0.1, 0.15) is 6.54 Å². The third-order valence-corrected chi connectivity index (χ3v) is 5.95. The molecule has 1 aliphatic rings. The molecule has 1 N–H and O–H groups in total. The van der Waals surface area contributed by atoms with Crippen LogP contribution in [0.3, 0.4) is 0 Å². The van der Waals surface area contributed by atoms with Crippen LogP contribution in [0.1, 0.15) is 29.6 Å². The molecule has 0 bridgehead atoms. The molecule has 1 aliphatic heterocycles. The van der Waals surface area contributed by atoms with Gasteiger partial charge in [-0.1, -0.05) is 30.3 Å². The van der Waals surface area contributed by atoms with Crippen molar-refractivity contribution in [2.24, 2.45) is 0 Å². The molecule has 3 rings (SSSR count). The molecule has 1 heterocycles. The molecular formula is C21H25N3O4S. The van der Waals surface area contributed by atoms with Gasteiger partial charge in [-0.15, -0.1) is 0 Å². The maximum Gasteiger partial charge on any atom is 0.255 e. The fraction of sp³-hybridized carbons (Fsp3) is 0.333. The molecule has 1 fully saturated rings. The monoisotopic (exact) mass is 415 g/mol. The summed E-state index contributed by atoms with van der Waals surface area (Å²) in [5.74, 6) is -0.637. The zero-order valence-electron chi connectivity index (χ0n) is 16.4. The highest BCUT2D eigenvalue weighted by Crippen LogP contribution is 2.21. The topological polar surface area (TPSA) is 86.8 Å². The summed E-state index contributed by atoms with van der Waals surface area (Å²) in [6.07, 6.45) is 4.12. The minimum absolute atomic E-state index is 0.122. The highest BCUT2D eigenvalue weighted by molar-refractivity contribution is 7.92. The van der Waals surface area contributed by atoms with Crippen LogP contribution >= 0.6 is 0 Å². The van der Waals surface area contributed by atoms with Gasteiger partial charge < -0.3 is 10.2 Å². The number of nitrogens with zero attached hydrogens (tertiary/aromatic N) is 2. The van der Waals surface area contributed by atoms with E-state index in [2.05, 4.69) is 5.32 Å². The van der Waals surface area contributed by atoms with Crippen LogP contribution in [0.15, 0.2) is 54.6 Å². The number of piperidine rings is 1. The van der Waals surface area contributed by atoms with Gasteiger partial charge in [0.15, 0.2) is 0 Å². The molecule has 0 radical (unpaired) electrons. The van der Waals surface area contributed by atoms with Crippen molar-refractivity contribution in [3.8, 4) is 0 Å². The smallest absolute Gasteiger partial charge is 0.255 e. The van der Waals surface area contributed by atoms with Crippen molar-refractivity contribution in [2.45, 2.75) is 19.3 Å². The van der Waals surface area contributed by atoms with E-state index in [0.29, 0.717) is 30.0 Å². The number of likely N-dealkylation sites (tertiary alicyclic amines) is 1. The first-order valence-corrected chi connectivity index (χ1v) is 11.4. The summed E-state index contributed by atoms with van der Waals surface area (Å²) in [4.78, 5) is 27.3. The molecule has 7 nitrogen and oxygen atoms in total. The zero-order valence-corrected chi connectivity index (χ0v) is 17.2. The van der Waals surface area contributed by atoms with E-state index in [9.17, 15) is 18.0 Å². The normalized spacial score (nSPS) is 14.3. The summed E-state index contributed by atoms with van der Waals surface area (Å²) >= 11 is 0. The Balaban J connectivity index is 1.77. The second-order valence-corrected chi connectivity index (χ2v) is 8.96. The van der Waals surface area contributed by atoms with Crippen molar-refractivity contribution >= 4 is 33.2 Å². The van der Waals surface area contributed by atoms with Gasteiger partial charge in [-0.3, -0.25) is 13.9 Å². The Kier molecular flexibility index (Phi) is 6.53. The number of benzene rings is 2. The van der Waals surface area contributed by atoms with E-state index >= 15 is 0 Å². The van der Waals surface area contributed by atoms with Crippen molar-refractivity contribution < 1.29 is 18.0 Å². The number of carbonyl (C=O) groups is 2. The Labute approximate surface area is 171 Å². The minimum atomic E-state index is -3.65. The van der Waals surface area contributed by atoms with Crippen LogP contribution in [0.25, 0.3) is 0 Å². The number of carbonyl (C=O) groups excluding carboxylic acids is 2. The molecule has 29 heavy (non-hydrogen) atoms. The highest BCUT2D eigenvalue weighted by Gasteiger charge is 2.24. The van der Waals surface area contributed by atoms with Crippen molar-refractivity contribution in [3.05, 3.63) is 60.2 Å². The van der Waals surface area contributed by atoms with Crippen LogP contribution in [0.4, 0.5) is 11.4 Å². The standard InChI is InChI=1S/C21H25N3O4S/c1-29(27,28)24(17-10-4-2-5-11-17)16-20(25)22-19-13-7-6-12-18(19)21(26)23-14-8-3-9-15-23/h2,4-7,10-13H,3,8-9,14-16H2,1H3,(H,22,25). The number of anilines is 2. The van der Waals surface area contributed by atoms with Gasteiger partial charge in [0.2, 0.25) is 15.9 Å². The average molecular weight is 416 g/mol. The van der Waals surface area contributed by atoms with E-state index < -0.39 is 15.9 Å². The summed E-state index contributed by atoms with van der Waals surface area (Å²) in [6, 6.07) is 15.3. The van der Waals surface area contributed by atoms with Crippen molar-refractivity contribution in [1.29, 1.82) is 0 Å². The number of hydrogen-bond acceptors (Lipinski definition) is 4. The third-order valence-electron chi connectivity index (χ3n) is 4.81. The van der Waals surface area contributed by atoms with Crippen LogP contribution in [-0.2, 0) is 14.8 Å².